The van der Waals surface area contributed by atoms with Gasteiger partial charge in [-0.2, -0.15) is 0 Å². The summed E-state index contributed by atoms with van der Waals surface area (Å²) in [5.41, 5.74) is -0.133. The topological polar surface area (TPSA) is 117 Å². The highest BCUT2D eigenvalue weighted by atomic mass is 16.6. The standard InChI is InChI=1S/C13H13N3O6/c1-8-5-12(15-22-8)14-13(17)7-21-10-4-3-9(16(18)19)6-11(10)20-2/h3-6H,7H2,1-2H3,(H,14,15,17). The average molecular weight is 307 g/mol. The third-order valence-corrected chi connectivity index (χ3v) is 2.61. The first kappa shape index (κ1) is 15.3. The predicted molar refractivity (Wildman–Crippen MR) is 75.0 cm³/mol. The van der Waals surface area contributed by atoms with Crippen LogP contribution in [0.25, 0.3) is 0 Å². The van der Waals surface area contributed by atoms with Gasteiger partial charge in [0.2, 0.25) is 0 Å². The number of hydrogen-bond donors (Lipinski definition) is 1. The van der Waals surface area contributed by atoms with Crippen molar-refractivity contribution in [3.8, 4) is 11.5 Å². The highest BCUT2D eigenvalue weighted by molar-refractivity contribution is 5.90. The summed E-state index contributed by atoms with van der Waals surface area (Å²) in [6.07, 6.45) is 0. The summed E-state index contributed by atoms with van der Waals surface area (Å²) in [5, 5.41) is 16.8. The van der Waals surface area contributed by atoms with Gasteiger partial charge >= 0.3 is 0 Å². The number of methoxy groups -OCH3 is 1. The molecule has 1 amide bonds. The Morgan fingerprint density at radius 3 is 2.77 bits per heavy atom. The van der Waals surface area contributed by atoms with Crippen molar-refractivity contribution >= 4 is 17.4 Å². The summed E-state index contributed by atoms with van der Waals surface area (Å²) in [5.74, 6) is 0.780. The third-order valence-electron chi connectivity index (χ3n) is 2.61. The van der Waals surface area contributed by atoms with Gasteiger partial charge in [0.25, 0.3) is 11.6 Å². The number of carbonyl (C=O) groups excluding carboxylic acids is 1. The number of hydrogen-bond acceptors (Lipinski definition) is 7. The Morgan fingerprint density at radius 2 is 2.18 bits per heavy atom. The number of benzene rings is 1. The number of anilines is 1. The van der Waals surface area contributed by atoms with E-state index in [2.05, 4.69) is 10.5 Å². The number of nitrogens with one attached hydrogen (secondary N) is 1. The maximum Gasteiger partial charge on any atom is 0.273 e. The fraction of sp³-hybridized carbons (Fsp3) is 0.231. The number of nitro benzene ring substituents is 1. The minimum atomic E-state index is -0.550. The molecule has 9 nitrogen and oxygen atoms in total. The van der Waals surface area contributed by atoms with E-state index in [9.17, 15) is 14.9 Å². The molecule has 0 radical (unpaired) electrons. The van der Waals surface area contributed by atoms with Gasteiger partial charge in [-0.05, 0) is 13.0 Å². The van der Waals surface area contributed by atoms with E-state index in [0.717, 1.165) is 0 Å². The predicted octanol–water partition coefficient (Wildman–Crippen LogP) is 1.92. The number of nitro groups is 1. The van der Waals surface area contributed by atoms with Crippen molar-refractivity contribution in [1.82, 2.24) is 5.16 Å². The number of rotatable bonds is 6. The molecule has 0 atom stereocenters. The first-order valence-corrected chi connectivity index (χ1v) is 6.18. The van der Waals surface area contributed by atoms with Crippen LogP contribution in [0.4, 0.5) is 11.5 Å². The number of ether oxygens (including phenoxy) is 2. The van der Waals surface area contributed by atoms with Gasteiger partial charge in [-0.15, -0.1) is 0 Å². The molecule has 0 saturated carbocycles. The molecule has 0 unspecified atom stereocenters. The van der Waals surface area contributed by atoms with Crippen molar-refractivity contribution in [2.24, 2.45) is 0 Å². The van der Waals surface area contributed by atoms with E-state index >= 15 is 0 Å². The molecule has 0 saturated heterocycles. The lowest BCUT2D eigenvalue weighted by atomic mass is 10.3. The van der Waals surface area contributed by atoms with Crippen LogP contribution in [0.15, 0.2) is 28.8 Å². The Labute approximate surface area is 125 Å². The minimum absolute atomic E-state index is 0.133. The molecule has 0 aliphatic rings. The van der Waals surface area contributed by atoms with Crippen LogP contribution in [0, 0.1) is 17.0 Å². The van der Waals surface area contributed by atoms with E-state index in [0.29, 0.717) is 5.76 Å². The van der Waals surface area contributed by atoms with E-state index in [1.807, 2.05) is 0 Å². The van der Waals surface area contributed by atoms with Crippen molar-refractivity contribution in [2.75, 3.05) is 19.0 Å². The molecular weight excluding hydrogens is 294 g/mol. The van der Waals surface area contributed by atoms with Crippen LogP contribution in [0.1, 0.15) is 5.76 Å². The van der Waals surface area contributed by atoms with Crippen LogP contribution in [-0.2, 0) is 4.79 Å². The molecule has 0 spiro atoms. The van der Waals surface area contributed by atoms with Crippen LogP contribution in [0.5, 0.6) is 11.5 Å². The monoisotopic (exact) mass is 307 g/mol. The van der Waals surface area contributed by atoms with Gasteiger partial charge in [-0.25, -0.2) is 0 Å². The Hall–Kier alpha value is -3.10. The lowest BCUT2D eigenvalue weighted by Crippen LogP contribution is -2.20. The van der Waals surface area contributed by atoms with Gasteiger partial charge in [0, 0.05) is 12.1 Å². The molecule has 1 heterocycles. The molecule has 0 bridgehead atoms. The Morgan fingerprint density at radius 1 is 1.41 bits per heavy atom. The normalized spacial score (nSPS) is 10.1. The summed E-state index contributed by atoms with van der Waals surface area (Å²) >= 11 is 0. The lowest BCUT2D eigenvalue weighted by Gasteiger charge is -2.09. The van der Waals surface area contributed by atoms with E-state index in [4.69, 9.17) is 14.0 Å². The highest BCUT2D eigenvalue weighted by Crippen LogP contribution is 2.31. The number of aromatic nitrogens is 1. The van der Waals surface area contributed by atoms with Crippen LogP contribution in [0.2, 0.25) is 0 Å². The van der Waals surface area contributed by atoms with E-state index < -0.39 is 10.8 Å². The number of nitrogens with zero attached hydrogens (tertiary/aromatic N) is 2. The molecule has 0 fully saturated rings. The Kier molecular flexibility index (Phi) is 4.57. The molecular formula is C13H13N3O6. The molecule has 1 N–H and O–H groups in total. The summed E-state index contributed by atoms with van der Waals surface area (Å²) in [6.45, 7) is 1.39. The summed E-state index contributed by atoms with van der Waals surface area (Å²) in [7, 11) is 1.35. The maximum absolute atomic E-state index is 11.7. The molecule has 1 aromatic heterocycles. The van der Waals surface area contributed by atoms with Crippen molar-refractivity contribution in [3.63, 3.8) is 0 Å². The van der Waals surface area contributed by atoms with E-state index in [1.54, 1.807) is 13.0 Å². The average Bonchev–Trinajstić information content (AvgIpc) is 2.89. The summed E-state index contributed by atoms with van der Waals surface area (Å²) in [4.78, 5) is 21.8. The first-order chi connectivity index (χ1) is 10.5. The van der Waals surface area contributed by atoms with Gasteiger partial charge in [0.15, 0.2) is 23.9 Å². The van der Waals surface area contributed by atoms with E-state index in [1.165, 1.54) is 25.3 Å². The van der Waals surface area contributed by atoms with Crippen molar-refractivity contribution in [1.29, 1.82) is 0 Å². The second-order valence-corrected chi connectivity index (χ2v) is 4.25. The van der Waals surface area contributed by atoms with Crippen molar-refractivity contribution < 1.29 is 23.7 Å². The summed E-state index contributed by atoms with van der Waals surface area (Å²) in [6, 6.07) is 5.40. The third kappa shape index (κ3) is 3.72. The highest BCUT2D eigenvalue weighted by Gasteiger charge is 2.14. The Bertz CT molecular complexity index is 697. The number of aryl methyl sites for hydroxylation is 1. The molecule has 9 heteroatoms. The van der Waals surface area contributed by atoms with Crippen LogP contribution < -0.4 is 14.8 Å². The van der Waals surface area contributed by atoms with Gasteiger partial charge in [0.05, 0.1) is 18.1 Å². The van der Waals surface area contributed by atoms with E-state index in [-0.39, 0.29) is 29.6 Å². The minimum Gasteiger partial charge on any atom is -0.493 e. The van der Waals surface area contributed by atoms with Gasteiger partial charge < -0.3 is 19.3 Å². The second-order valence-electron chi connectivity index (χ2n) is 4.25. The lowest BCUT2D eigenvalue weighted by molar-refractivity contribution is -0.384. The van der Waals surface area contributed by atoms with Crippen LogP contribution in [-0.4, -0.2) is 29.7 Å². The SMILES string of the molecule is COc1cc([N+](=O)[O-])ccc1OCC(=O)Nc1cc(C)on1. The smallest absolute Gasteiger partial charge is 0.273 e. The number of non-ortho nitro benzene ring substituents is 1. The Balaban J connectivity index is 1.98. The fourth-order valence-corrected chi connectivity index (χ4v) is 1.64. The maximum atomic E-state index is 11.7. The molecule has 1 aromatic carbocycles. The number of carbonyl (C=O) groups is 1. The zero-order chi connectivity index (χ0) is 16.1. The zero-order valence-electron chi connectivity index (χ0n) is 11.9. The van der Waals surface area contributed by atoms with Crippen molar-refractivity contribution in [3.05, 3.63) is 40.1 Å². The summed E-state index contributed by atoms with van der Waals surface area (Å²) < 4.78 is 15.1. The molecule has 0 aliphatic heterocycles. The zero-order valence-corrected chi connectivity index (χ0v) is 11.9. The number of amides is 1. The second kappa shape index (κ2) is 6.57. The quantitative estimate of drug-likeness (QED) is 0.640. The first-order valence-electron chi connectivity index (χ1n) is 6.18. The molecule has 2 aromatic rings. The fourth-order valence-electron chi connectivity index (χ4n) is 1.64. The molecule has 22 heavy (non-hydrogen) atoms. The van der Waals surface area contributed by atoms with Crippen LogP contribution >= 0.6 is 0 Å². The van der Waals surface area contributed by atoms with Crippen LogP contribution in [0.3, 0.4) is 0 Å². The largest absolute Gasteiger partial charge is 0.493 e. The van der Waals surface area contributed by atoms with Gasteiger partial charge in [-0.1, -0.05) is 5.16 Å². The molecule has 116 valence electrons. The van der Waals surface area contributed by atoms with Crippen molar-refractivity contribution in [2.45, 2.75) is 6.92 Å². The van der Waals surface area contributed by atoms with Gasteiger partial charge in [0.1, 0.15) is 5.76 Å². The molecule has 2 rings (SSSR count). The van der Waals surface area contributed by atoms with Gasteiger partial charge in [-0.3, -0.25) is 14.9 Å². The molecule has 0 aliphatic carbocycles.